The Morgan fingerprint density at radius 1 is 1.44 bits per heavy atom. The second kappa shape index (κ2) is 3.98. The smallest absolute Gasteiger partial charge is 0.243 e. The van der Waals surface area contributed by atoms with Crippen LogP contribution in [0.25, 0.3) is 0 Å². The standard InChI is InChI=1S/C11H20N2O3/c1-8-10(2,3-6-16-8)13-9(14)11(12)4-5-15-7-11/h8H,3-7,12H2,1-2H3,(H,13,14). The third-order valence-corrected chi connectivity index (χ3v) is 3.79. The van der Waals surface area contributed by atoms with Crippen LogP contribution in [0, 0.1) is 0 Å². The third-order valence-electron chi connectivity index (χ3n) is 3.79. The molecule has 3 unspecified atom stereocenters. The fourth-order valence-electron chi connectivity index (χ4n) is 2.14. The van der Waals surface area contributed by atoms with E-state index in [2.05, 4.69) is 5.32 Å². The highest BCUT2D eigenvalue weighted by Crippen LogP contribution is 2.26. The SMILES string of the molecule is CC1OCCC1(C)NC(=O)C1(N)CCOC1. The van der Waals surface area contributed by atoms with Gasteiger partial charge in [0, 0.05) is 13.2 Å². The minimum atomic E-state index is -0.856. The third kappa shape index (κ3) is 1.95. The number of rotatable bonds is 2. The van der Waals surface area contributed by atoms with Gasteiger partial charge in [-0.05, 0) is 26.7 Å². The Balaban J connectivity index is 2.01. The highest BCUT2D eigenvalue weighted by molar-refractivity contribution is 5.87. The first-order valence-corrected chi connectivity index (χ1v) is 5.77. The van der Waals surface area contributed by atoms with Gasteiger partial charge in [0.15, 0.2) is 0 Å². The van der Waals surface area contributed by atoms with Gasteiger partial charge in [-0.15, -0.1) is 0 Å². The van der Waals surface area contributed by atoms with Gasteiger partial charge in [-0.1, -0.05) is 0 Å². The molecule has 0 aromatic carbocycles. The Bertz CT molecular complexity index is 289. The topological polar surface area (TPSA) is 73.6 Å². The first kappa shape index (κ1) is 11.8. The number of amides is 1. The van der Waals surface area contributed by atoms with E-state index < -0.39 is 5.54 Å². The van der Waals surface area contributed by atoms with Gasteiger partial charge in [0.2, 0.25) is 5.91 Å². The van der Waals surface area contributed by atoms with E-state index in [-0.39, 0.29) is 17.6 Å². The summed E-state index contributed by atoms with van der Waals surface area (Å²) >= 11 is 0. The molecule has 2 aliphatic heterocycles. The van der Waals surface area contributed by atoms with E-state index in [0.717, 1.165) is 6.42 Å². The predicted molar refractivity (Wildman–Crippen MR) is 58.9 cm³/mol. The molecule has 92 valence electrons. The van der Waals surface area contributed by atoms with Gasteiger partial charge >= 0.3 is 0 Å². The van der Waals surface area contributed by atoms with Crippen LogP contribution in [0.15, 0.2) is 0 Å². The Kier molecular flexibility index (Phi) is 2.94. The van der Waals surface area contributed by atoms with Crippen LogP contribution >= 0.6 is 0 Å². The molecule has 2 saturated heterocycles. The molecule has 0 bridgehead atoms. The fraction of sp³-hybridized carbons (Fsp3) is 0.909. The van der Waals surface area contributed by atoms with Crippen LogP contribution < -0.4 is 11.1 Å². The Labute approximate surface area is 95.7 Å². The van der Waals surface area contributed by atoms with Crippen molar-refractivity contribution in [2.75, 3.05) is 19.8 Å². The molecule has 2 heterocycles. The van der Waals surface area contributed by atoms with Gasteiger partial charge in [-0.2, -0.15) is 0 Å². The molecule has 0 aliphatic carbocycles. The van der Waals surface area contributed by atoms with Crippen LogP contribution in [0.1, 0.15) is 26.7 Å². The van der Waals surface area contributed by atoms with Crippen molar-refractivity contribution in [1.82, 2.24) is 5.32 Å². The van der Waals surface area contributed by atoms with Gasteiger partial charge in [0.25, 0.3) is 0 Å². The van der Waals surface area contributed by atoms with Crippen LogP contribution in [-0.4, -0.2) is 42.9 Å². The number of hydrogen-bond donors (Lipinski definition) is 2. The molecule has 0 aromatic rings. The van der Waals surface area contributed by atoms with Crippen molar-refractivity contribution >= 4 is 5.91 Å². The van der Waals surface area contributed by atoms with Gasteiger partial charge in [-0.3, -0.25) is 4.79 Å². The maximum Gasteiger partial charge on any atom is 0.243 e. The molecule has 3 N–H and O–H groups in total. The molecule has 5 nitrogen and oxygen atoms in total. The quantitative estimate of drug-likeness (QED) is 0.686. The summed E-state index contributed by atoms with van der Waals surface area (Å²) in [4.78, 5) is 12.1. The lowest BCUT2D eigenvalue weighted by atomic mass is 9.91. The highest BCUT2D eigenvalue weighted by Gasteiger charge is 2.44. The lowest BCUT2D eigenvalue weighted by Crippen LogP contribution is -2.61. The van der Waals surface area contributed by atoms with Crippen LogP contribution in [-0.2, 0) is 14.3 Å². The average molecular weight is 228 g/mol. The average Bonchev–Trinajstić information content (AvgIpc) is 2.77. The molecule has 2 fully saturated rings. The Morgan fingerprint density at radius 3 is 2.69 bits per heavy atom. The molecule has 0 spiro atoms. The molecule has 0 aromatic heterocycles. The molecule has 2 aliphatic rings. The Hall–Kier alpha value is -0.650. The largest absolute Gasteiger partial charge is 0.379 e. The van der Waals surface area contributed by atoms with Crippen molar-refractivity contribution in [3.63, 3.8) is 0 Å². The van der Waals surface area contributed by atoms with Crippen molar-refractivity contribution in [3.8, 4) is 0 Å². The first-order valence-electron chi connectivity index (χ1n) is 5.77. The van der Waals surface area contributed by atoms with Crippen molar-refractivity contribution in [1.29, 1.82) is 0 Å². The maximum atomic E-state index is 12.1. The number of ether oxygens (including phenoxy) is 2. The molecule has 16 heavy (non-hydrogen) atoms. The molecular formula is C11H20N2O3. The predicted octanol–water partition coefficient (Wildman–Crippen LogP) is -0.212. The van der Waals surface area contributed by atoms with Crippen molar-refractivity contribution in [2.45, 2.75) is 43.9 Å². The van der Waals surface area contributed by atoms with Crippen molar-refractivity contribution < 1.29 is 14.3 Å². The first-order chi connectivity index (χ1) is 7.46. The van der Waals surface area contributed by atoms with Gasteiger partial charge < -0.3 is 20.5 Å². The van der Waals surface area contributed by atoms with Crippen molar-refractivity contribution in [2.24, 2.45) is 5.73 Å². The molecule has 0 saturated carbocycles. The number of nitrogens with two attached hydrogens (primary N) is 1. The number of carbonyl (C=O) groups is 1. The summed E-state index contributed by atoms with van der Waals surface area (Å²) in [5.41, 5.74) is 4.85. The van der Waals surface area contributed by atoms with Crippen molar-refractivity contribution in [3.05, 3.63) is 0 Å². The summed E-state index contributed by atoms with van der Waals surface area (Å²) in [6.45, 7) is 5.53. The van der Waals surface area contributed by atoms with Gasteiger partial charge in [0.05, 0.1) is 18.2 Å². The minimum absolute atomic E-state index is 0.0300. The summed E-state index contributed by atoms with van der Waals surface area (Å²) in [5, 5.41) is 3.02. The Morgan fingerprint density at radius 2 is 2.19 bits per heavy atom. The molecule has 0 radical (unpaired) electrons. The summed E-state index contributed by atoms with van der Waals surface area (Å²) in [6.07, 6.45) is 1.45. The molecule has 3 atom stereocenters. The van der Waals surface area contributed by atoms with E-state index in [1.54, 1.807) is 0 Å². The monoisotopic (exact) mass is 228 g/mol. The summed E-state index contributed by atoms with van der Waals surface area (Å²) in [6, 6.07) is 0. The highest BCUT2D eigenvalue weighted by atomic mass is 16.5. The molecule has 5 heteroatoms. The second-order valence-electron chi connectivity index (χ2n) is 5.09. The normalized spacial score (nSPS) is 43.6. The van der Waals surface area contributed by atoms with E-state index in [9.17, 15) is 4.79 Å². The number of carbonyl (C=O) groups excluding carboxylic acids is 1. The van der Waals surface area contributed by atoms with Gasteiger partial charge in [0.1, 0.15) is 5.54 Å². The maximum absolute atomic E-state index is 12.1. The van der Waals surface area contributed by atoms with Crippen LogP contribution in [0.3, 0.4) is 0 Å². The number of hydrogen-bond acceptors (Lipinski definition) is 4. The lowest BCUT2D eigenvalue weighted by Gasteiger charge is -2.32. The van der Waals surface area contributed by atoms with Crippen LogP contribution in [0.5, 0.6) is 0 Å². The molecular weight excluding hydrogens is 208 g/mol. The zero-order chi connectivity index (χ0) is 11.8. The number of nitrogens with one attached hydrogen (secondary N) is 1. The lowest BCUT2D eigenvalue weighted by molar-refractivity contribution is -0.128. The van der Waals surface area contributed by atoms with E-state index in [1.807, 2.05) is 13.8 Å². The minimum Gasteiger partial charge on any atom is -0.379 e. The zero-order valence-electron chi connectivity index (χ0n) is 9.91. The van der Waals surface area contributed by atoms with Gasteiger partial charge in [-0.25, -0.2) is 0 Å². The fourth-order valence-corrected chi connectivity index (χ4v) is 2.14. The molecule has 2 rings (SSSR count). The van der Waals surface area contributed by atoms with E-state index in [0.29, 0.717) is 26.2 Å². The summed E-state index contributed by atoms with van der Waals surface area (Å²) in [7, 11) is 0. The van der Waals surface area contributed by atoms with E-state index in [1.165, 1.54) is 0 Å². The summed E-state index contributed by atoms with van der Waals surface area (Å²) in [5.74, 6) is -0.121. The zero-order valence-corrected chi connectivity index (χ0v) is 9.91. The second-order valence-corrected chi connectivity index (χ2v) is 5.09. The van der Waals surface area contributed by atoms with Crippen LogP contribution in [0.2, 0.25) is 0 Å². The van der Waals surface area contributed by atoms with E-state index >= 15 is 0 Å². The molecule has 1 amide bonds. The van der Waals surface area contributed by atoms with Crippen LogP contribution in [0.4, 0.5) is 0 Å². The summed E-state index contributed by atoms with van der Waals surface area (Å²) < 4.78 is 10.7. The van der Waals surface area contributed by atoms with E-state index in [4.69, 9.17) is 15.2 Å².